The fourth-order valence-electron chi connectivity index (χ4n) is 2.06. The number of benzene rings is 1. The summed E-state index contributed by atoms with van der Waals surface area (Å²) in [6, 6.07) is 9.08. The molecule has 2 rings (SSSR count). The van der Waals surface area contributed by atoms with Gasteiger partial charge in [0.1, 0.15) is 5.82 Å². The van der Waals surface area contributed by atoms with Crippen LogP contribution >= 0.6 is 11.3 Å². The predicted molar refractivity (Wildman–Crippen MR) is 82.3 cm³/mol. The number of hydrogen-bond acceptors (Lipinski definition) is 3. The second-order valence-electron chi connectivity index (χ2n) is 5.21. The largest absolute Gasteiger partial charge is 0.395 e. The lowest BCUT2D eigenvalue weighted by Crippen LogP contribution is -2.36. The average Bonchev–Trinajstić information content (AvgIpc) is 2.94. The molecule has 0 bridgehead atoms. The van der Waals surface area contributed by atoms with Gasteiger partial charge in [0.05, 0.1) is 6.61 Å². The summed E-state index contributed by atoms with van der Waals surface area (Å²) in [6.45, 7) is 4.87. The van der Waals surface area contributed by atoms with Gasteiger partial charge in [-0.05, 0) is 35.1 Å². The van der Waals surface area contributed by atoms with Crippen LogP contribution in [0.2, 0.25) is 0 Å². The molecule has 0 saturated carbocycles. The Morgan fingerprint density at radius 3 is 2.70 bits per heavy atom. The van der Waals surface area contributed by atoms with Crippen molar-refractivity contribution in [2.75, 3.05) is 6.61 Å². The maximum Gasteiger partial charge on any atom is 0.131 e. The lowest BCUT2D eigenvalue weighted by Gasteiger charge is -2.20. The van der Waals surface area contributed by atoms with Crippen molar-refractivity contribution in [3.8, 4) is 10.4 Å². The highest BCUT2D eigenvalue weighted by molar-refractivity contribution is 7.13. The highest BCUT2D eigenvalue weighted by Gasteiger charge is 2.12. The Hall–Kier alpha value is -1.23. The zero-order valence-electron chi connectivity index (χ0n) is 11.8. The Labute approximate surface area is 123 Å². The zero-order valence-corrected chi connectivity index (χ0v) is 12.6. The van der Waals surface area contributed by atoms with Crippen LogP contribution in [0.1, 0.15) is 19.4 Å². The van der Waals surface area contributed by atoms with Crippen molar-refractivity contribution in [3.05, 3.63) is 47.1 Å². The molecular formula is C16H20FNOS. The first kappa shape index (κ1) is 15.2. The van der Waals surface area contributed by atoms with Crippen LogP contribution in [0.4, 0.5) is 4.39 Å². The highest BCUT2D eigenvalue weighted by Crippen LogP contribution is 2.28. The molecule has 2 nitrogen and oxygen atoms in total. The number of rotatable bonds is 6. The normalized spacial score (nSPS) is 12.8. The van der Waals surface area contributed by atoms with E-state index in [0.29, 0.717) is 18.0 Å². The van der Waals surface area contributed by atoms with Crippen LogP contribution in [0.15, 0.2) is 35.7 Å². The van der Waals surface area contributed by atoms with Gasteiger partial charge in [-0.15, -0.1) is 11.3 Å². The van der Waals surface area contributed by atoms with E-state index in [1.165, 1.54) is 17.4 Å². The Morgan fingerprint density at radius 2 is 2.10 bits per heavy atom. The molecule has 0 saturated heterocycles. The van der Waals surface area contributed by atoms with E-state index < -0.39 is 0 Å². The summed E-state index contributed by atoms with van der Waals surface area (Å²) in [4.78, 5) is 0.937. The van der Waals surface area contributed by atoms with Crippen LogP contribution in [0.5, 0.6) is 0 Å². The van der Waals surface area contributed by atoms with E-state index >= 15 is 0 Å². The molecular weight excluding hydrogens is 273 g/mol. The van der Waals surface area contributed by atoms with Crippen LogP contribution < -0.4 is 5.32 Å². The molecule has 1 atom stereocenters. The molecule has 1 unspecified atom stereocenters. The monoisotopic (exact) mass is 293 g/mol. The van der Waals surface area contributed by atoms with Crippen LogP contribution in [-0.2, 0) is 6.54 Å². The molecule has 1 aromatic heterocycles. The second kappa shape index (κ2) is 6.97. The number of thiophene rings is 1. The standard InChI is InChI=1S/C16H20FNOS/c1-11(2)15(10-19)18-9-12-5-6-14(17)13(8-12)16-4-3-7-20-16/h3-8,11,15,18-19H,9-10H2,1-2H3. The molecule has 0 radical (unpaired) electrons. The molecule has 0 spiro atoms. The fraction of sp³-hybridized carbons (Fsp3) is 0.375. The Balaban J connectivity index is 2.12. The van der Waals surface area contributed by atoms with E-state index in [1.54, 1.807) is 6.07 Å². The molecule has 0 aliphatic heterocycles. The summed E-state index contributed by atoms with van der Waals surface area (Å²) >= 11 is 1.53. The van der Waals surface area contributed by atoms with Crippen molar-refractivity contribution in [2.45, 2.75) is 26.4 Å². The van der Waals surface area contributed by atoms with Gasteiger partial charge in [-0.3, -0.25) is 0 Å². The zero-order chi connectivity index (χ0) is 14.5. The molecule has 0 fully saturated rings. The van der Waals surface area contributed by atoms with Crippen molar-refractivity contribution in [1.29, 1.82) is 0 Å². The van der Waals surface area contributed by atoms with E-state index in [0.717, 1.165) is 10.4 Å². The van der Waals surface area contributed by atoms with Gasteiger partial charge in [-0.1, -0.05) is 26.0 Å². The minimum Gasteiger partial charge on any atom is -0.395 e. The fourth-order valence-corrected chi connectivity index (χ4v) is 2.81. The van der Waals surface area contributed by atoms with Crippen molar-refractivity contribution < 1.29 is 9.50 Å². The van der Waals surface area contributed by atoms with E-state index in [-0.39, 0.29) is 18.5 Å². The predicted octanol–water partition coefficient (Wildman–Crippen LogP) is 3.66. The van der Waals surface area contributed by atoms with Gasteiger partial charge in [-0.2, -0.15) is 0 Å². The quantitative estimate of drug-likeness (QED) is 0.852. The number of aliphatic hydroxyl groups is 1. The first-order valence-electron chi connectivity index (χ1n) is 6.78. The van der Waals surface area contributed by atoms with Gasteiger partial charge >= 0.3 is 0 Å². The summed E-state index contributed by atoms with van der Waals surface area (Å²) < 4.78 is 13.9. The Kier molecular flexibility index (Phi) is 5.29. The molecule has 1 aromatic carbocycles. The molecule has 108 valence electrons. The van der Waals surface area contributed by atoms with Gasteiger partial charge in [0, 0.05) is 23.0 Å². The van der Waals surface area contributed by atoms with Crippen molar-refractivity contribution >= 4 is 11.3 Å². The van der Waals surface area contributed by atoms with Crippen molar-refractivity contribution in [1.82, 2.24) is 5.32 Å². The third-order valence-electron chi connectivity index (χ3n) is 3.39. The van der Waals surface area contributed by atoms with Crippen molar-refractivity contribution in [2.24, 2.45) is 5.92 Å². The number of aliphatic hydroxyl groups excluding tert-OH is 1. The summed E-state index contributed by atoms with van der Waals surface area (Å²) in [6.07, 6.45) is 0. The summed E-state index contributed by atoms with van der Waals surface area (Å²) in [5.74, 6) is 0.163. The molecule has 2 aromatic rings. The van der Waals surface area contributed by atoms with E-state index in [4.69, 9.17) is 0 Å². The van der Waals surface area contributed by atoms with Gasteiger partial charge < -0.3 is 10.4 Å². The summed E-state index contributed by atoms with van der Waals surface area (Å²) in [5.41, 5.74) is 1.67. The van der Waals surface area contributed by atoms with Crippen LogP contribution in [0, 0.1) is 11.7 Å². The summed E-state index contributed by atoms with van der Waals surface area (Å²) in [5, 5.41) is 14.6. The highest BCUT2D eigenvalue weighted by atomic mass is 32.1. The minimum atomic E-state index is -0.196. The minimum absolute atomic E-state index is 0.0604. The van der Waals surface area contributed by atoms with Crippen LogP contribution in [0.3, 0.4) is 0 Å². The summed E-state index contributed by atoms with van der Waals surface area (Å²) in [7, 11) is 0. The van der Waals surface area contributed by atoms with Gasteiger partial charge in [0.25, 0.3) is 0 Å². The SMILES string of the molecule is CC(C)C(CO)NCc1ccc(F)c(-c2cccs2)c1. The van der Waals surface area contributed by atoms with Gasteiger partial charge in [0.2, 0.25) is 0 Å². The van der Waals surface area contributed by atoms with Gasteiger partial charge in [0.15, 0.2) is 0 Å². The second-order valence-corrected chi connectivity index (χ2v) is 6.15. The molecule has 0 aliphatic rings. The topological polar surface area (TPSA) is 32.3 Å². The number of hydrogen-bond donors (Lipinski definition) is 2. The molecule has 1 heterocycles. The first-order chi connectivity index (χ1) is 9.61. The van der Waals surface area contributed by atoms with Crippen LogP contribution in [0.25, 0.3) is 10.4 Å². The van der Waals surface area contributed by atoms with Gasteiger partial charge in [-0.25, -0.2) is 4.39 Å². The first-order valence-corrected chi connectivity index (χ1v) is 7.66. The number of nitrogens with one attached hydrogen (secondary N) is 1. The van der Waals surface area contributed by atoms with E-state index in [2.05, 4.69) is 19.2 Å². The average molecular weight is 293 g/mol. The van der Waals surface area contributed by atoms with E-state index in [9.17, 15) is 9.50 Å². The number of halogens is 1. The third-order valence-corrected chi connectivity index (χ3v) is 4.29. The molecule has 4 heteroatoms. The van der Waals surface area contributed by atoms with Crippen LogP contribution in [-0.4, -0.2) is 17.8 Å². The molecule has 20 heavy (non-hydrogen) atoms. The van der Waals surface area contributed by atoms with Crippen molar-refractivity contribution in [3.63, 3.8) is 0 Å². The Bertz CT molecular complexity index is 539. The third kappa shape index (κ3) is 3.66. The Morgan fingerprint density at radius 1 is 1.30 bits per heavy atom. The molecule has 2 N–H and O–H groups in total. The smallest absolute Gasteiger partial charge is 0.131 e. The lowest BCUT2D eigenvalue weighted by atomic mass is 10.0. The molecule has 0 amide bonds. The van der Waals surface area contributed by atoms with E-state index in [1.807, 2.05) is 23.6 Å². The maximum absolute atomic E-state index is 13.9. The maximum atomic E-state index is 13.9. The lowest BCUT2D eigenvalue weighted by molar-refractivity contribution is 0.210. The molecule has 0 aliphatic carbocycles.